The minimum absolute atomic E-state index is 0.0510. The fourth-order valence-corrected chi connectivity index (χ4v) is 1.88. The summed E-state index contributed by atoms with van der Waals surface area (Å²) in [5.74, 6) is -0.744. The summed E-state index contributed by atoms with van der Waals surface area (Å²) in [6, 6.07) is 3.98. The number of hydrogen-bond donors (Lipinski definition) is 1. The van der Waals surface area contributed by atoms with Crippen LogP contribution in [0.1, 0.15) is 16.1 Å². The van der Waals surface area contributed by atoms with Crippen LogP contribution >= 0.6 is 11.6 Å². The predicted molar refractivity (Wildman–Crippen MR) is 73.3 cm³/mol. The summed E-state index contributed by atoms with van der Waals surface area (Å²) in [7, 11) is 1.17. The number of methoxy groups -OCH3 is 1. The Morgan fingerprint density at radius 2 is 2.33 bits per heavy atom. The number of nitro benzene ring substituents is 1. The normalized spacial score (nSPS) is 10.2. The largest absolute Gasteiger partial charge is 0.465 e. The molecule has 0 atom stereocenters. The van der Waals surface area contributed by atoms with Gasteiger partial charge in [-0.1, -0.05) is 16.8 Å². The molecule has 1 aromatic heterocycles. The van der Waals surface area contributed by atoms with Crippen LogP contribution in [0.3, 0.4) is 0 Å². The van der Waals surface area contributed by atoms with Gasteiger partial charge in [0.2, 0.25) is 0 Å². The Labute approximate surface area is 123 Å². The Balaban J connectivity index is 2.33. The number of nitrogens with one attached hydrogen (secondary N) is 1. The lowest BCUT2D eigenvalue weighted by molar-refractivity contribution is -0.384. The SMILES string of the molecule is COC(=O)c1cc([N+](=O)[O-])c(NCc2ccon2)cc1Cl. The summed E-state index contributed by atoms with van der Waals surface area (Å²) < 4.78 is 9.18. The molecule has 0 unspecified atom stereocenters. The van der Waals surface area contributed by atoms with Crippen LogP contribution in [-0.4, -0.2) is 23.2 Å². The maximum atomic E-state index is 11.5. The third kappa shape index (κ3) is 3.29. The number of ether oxygens (including phenoxy) is 1. The van der Waals surface area contributed by atoms with Crippen LogP contribution in [0.4, 0.5) is 11.4 Å². The number of nitrogens with zero attached hydrogens (tertiary/aromatic N) is 2. The highest BCUT2D eigenvalue weighted by atomic mass is 35.5. The topological polar surface area (TPSA) is 108 Å². The fraction of sp³-hybridized carbons (Fsp3) is 0.167. The standard InChI is InChI=1S/C12H10ClN3O5/c1-20-12(17)8-4-11(16(18)19)10(5-9(8)13)14-6-7-2-3-21-15-7/h2-5,14H,6H2,1H3. The van der Waals surface area contributed by atoms with Crippen molar-refractivity contribution in [3.63, 3.8) is 0 Å². The average Bonchev–Trinajstić information content (AvgIpc) is 2.97. The number of aromatic nitrogens is 1. The first-order valence-corrected chi connectivity index (χ1v) is 6.10. The van der Waals surface area contributed by atoms with Gasteiger partial charge in [-0.05, 0) is 6.07 Å². The van der Waals surface area contributed by atoms with Gasteiger partial charge in [0.05, 0.1) is 29.2 Å². The van der Waals surface area contributed by atoms with Gasteiger partial charge in [-0.3, -0.25) is 10.1 Å². The first-order chi connectivity index (χ1) is 10.0. The van der Waals surface area contributed by atoms with E-state index < -0.39 is 10.9 Å². The lowest BCUT2D eigenvalue weighted by Crippen LogP contribution is -2.07. The molecule has 0 fully saturated rings. The van der Waals surface area contributed by atoms with Gasteiger partial charge in [0.1, 0.15) is 17.6 Å². The maximum Gasteiger partial charge on any atom is 0.339 e. The zero-order valence-corrected chi connectivity index (χ0v) is 11.6. The number of hydrogen-bond acceptors (Lipinski definition) is 7. The minimum atomic E-state index is -0.744. The van der Waals surface area contributed by atoms with Gasteiger partial charge in [0.25, 0.3) is 5.69 Å². The van der Waals surface area contributed by atoms with Crippen molar-refractivity contribution in [3.8, 4) is 0 Å². The molecule has 0 aliphatic heterocycles. The van der Waals surface area contributed by atoms with E-state index in [2.05, 4.69) is 19.7 Å². The van der Waals surface area contributed by atoms with E-state index in [1.54, 1.807) is 6.07 Å². The molecule has 2 aromatic rings. The quantitative estimate of drug-likeness (QED) is 0.513. The van der Waals surface area contributed by atoms with Crippen molar-refractivity contribution in [3.05, 3.63) is 50.9 Å². The van der Waals surface area contributed by atoms with E-state index in [-0.39, 0.29) is 28.5 Å². The molecular weight excluding hydrogens is 302 g/mol. The lowest BCUT2D eigenvalue weighted by atomic mass is 10.1. The van der Waals surface area contributed by atoms with Gasteiger partial charge in [-0.15, -0.1) is 0 Å². The van der Waals surface area contributed by atoms with Gasteiger partial charge >= 0.3 is 5.97 Å². The molecule has 0 radical (unpaired) electrons. The molecule has 0 spiro atoms. The Bertz CT molecular complexity index is 672. The van der Waals surface area contributed by atoms with Crippen LogP contribution in [0.15, 0.2) is 29.0 Å². The van der Waals surface area contributed by atoms with Crippen molar-refractivity contribution < 1.29 is 19.0 Å². The Hall–Kier alpha value is -2.61. The van der Waals surface area contributed by atoms with Gasteiger partial charge < -0.3 is 14.6 Å². The van der Waals surface area contributed by atoms with E-state index in [4.69, 9.17) is 11.6 Å². The lowest BCUT2D eigenvalue weighted by Gasteiger charge is -2.08. The van der Waals surface area contributed by atoms with Gasteiger partial charge in [-0.25, -0.2) is 4.79 Å². The monoisotopic (exact) mass is 311 g/mol. The minimum Gasteiger partial charge on any atom is -0.465 e. The molecule has 8 nitrogen and oxygen atoms in total. The van der Waals surface area contributed by atoms with Crippen LogP contribution < -0.4 is 5.32 Å². The highest BCUT2D eigenvalue weighted by Crippen LogP contribution is 2.31. The number of halogens is 1. The highest BCUT2D eigenvalue weighted by molar-refractivity contribution is 6.34. The van der Waals surface area contributed by atoms with Crippen molar-refractivity contribution in [2.75, 3.05) is 12.4 Å². The molecular formula is C12H10ClN3O5. The van der Waals surface area contributed by atoms with Crippen molar-refractivity contribution in [2.24, 2.45) is 0 Å². The Morgan fingerprint density at radius 1 is 1.57 bits per heavy atom. The second kappa shape index (κ2) is 6.23. The molecule has 0 aliphatic carbocycles. The summed E-state index contributed by atoms with van der Waals surface area (Å²) in [4.78, 5) is 22.0. The third-order valence-corrected chi connectivity index (χ3v) is 2.95. The molecule has 1 aromatic carbocycles. The van der Waals surface area contributed by atoms with Crippen molar-refractivity contribution >= 4 is 28.9 Å². The number of esters is 1. The van der Waals surface area contributed by atoms with Crippen LogP contribution in [0.2, 0.25) is 5.02 Å². The molecule has 1 heterocycles. The van der Waals surface area contributed by atoms with E-state index in [1.807, 2.05) is 0 Å². The molecule has 0 amide bonds. The molecule has 110 valence electrons. The fourth-order valence-electron chi connectivity index (χ4n) is 1.64. The summed E-state index contributed by atoms with van der Waals surface area (Å²) in [6.45, 7) is 0.214. The second-order valence-electron chi connectivity index (χ2n) is 3.94. The number of rotatable bonds is 5. The molecule has 2 rings (SSSR count). The second-order valence-corrected chi connectivity index (χ2v) is 4.35. The Morgan fingerprint density at radius 3 is 2.90 bits per heavy atom. The predicted octanol–water partition coefficient (Wildman–Crippen LogP) is 2.63. The number of anilines is 1. The van der Waals surface area contributed by atoms with E-state index in [0.29, 0.717) is 5.69 Å². The van der Waals surface area contributed by atoms with E-state index in [0.717, 1.165) is 6.07 Å². The van der Waals surface area contributed by atoms with Gasteiger partial charge in [0.15, 0.2) is 0 Å². The van der Waals surface area contributed by atoms with E-state index in [9.17, 15) is 14.9 Å². The first kappa shape index (κ1) is 14.8. The molecule has 1 N–H and O–H groups in total. The average molecular weight is 312 g/mol. The van der Waals surface area contributed by atoms with Crippen LogP contribution in [0, 0.1) is 10.1 Å². The maximum absolute atomic E-state index is 11.5. The molecule has 0 bridgehead atoms. The molecule has 0 saturated carbocycles. The zero-order chi connectivity index (χ0) is 15.4. The van der Waals surface area contributed by atoms with E-state index >= 15 is 0 Å². The number of carbonyl (C=O) groups is 1. The van der Waals surface area contributed by atoms with Crippen molar-refractivity contribution in [1.82, 2.24) is 5.16 Å². The van der Waals surface area contributed by atoms with Crippen molar-refractivity contribution in [1.29, 1.82) is 0 Å². The van der Waals surface area contributed by atoms with Gasteiger partial charge in [0, 0.05) is 12.1 Å². The summed E-state index contributed by atoms with van der Waals surface area (Å²) in [5.41, 5.74) is 0.374. The van der Waals surface area contributed by atoms with Crippen LogP contribution in [-0.2, 0) is 11.3 Å². The zero-order valence-electron chi connectivity index (χ0n) is 10.8. The third-order valence-electron chi connectivity index (χ3n) is 2.64. The highest BCUT2D eigenvalue weighted by Gasteiger charge is 2.21. The summed E-state index contributed by atoms with van der Waals surface area (Å²) in [6.07, 6.45) is 1.39. The van der Waals surface area contributed by atoms with Gasteiger partial charge in [-0.2, -0.15) is 0 Å². The number of carbonyl (C=O) groups excluding carboxylic acids is 1. The van der Waals surface area contributed by atoms with Crippen LogP contribution in [0.5, 0.6) is 0 Å². The van der Waals surface area contributed by atoms with E-state index in [1.165, 1.54) is 19.4 Å². The summed E-state index contributed by atoms with van der Waals surface area (Å²) >= 11 is 5.94. The molecule has 9 heteroatoms. The van der Waals surface area contributed by atoms with Crippen LogP contribution in [0.25, 0.3) is 0 Å². The smallest absolute Gasteiger partial charge is 0.339 e. The number of nitro groups is 1. The molecule has 0 saturated heterocycles. The molecule has 21 heavy (non-hydrogen) atoms. The molecule has 0 aliphatic rings. The Kier molecular flexibility index (Phi) is 4.39. The number of benzene rings is 1. The first-order valence-electron chi connectivity index (χ1n) is 5.72. The van der Waals surface area contributed by atoms with Crippen molar-refractivity contribution in [2.45, 2.75) is 6.54 Å². The summed E-state index contributed by atoms with van der Waals surface area (Å²) in [5, 5.41) is 17.6.